The lowest BCUT2D eigenvalue weighted by atomic mass is 10.6. The highest BCUT2D eigenvalue weighted by Crippen LogP contribution is 2.17. The minimum absolute atomic E-state index is 0.0625. The summed E-state index contributed by atoms with van der Waals surface area (Å²) in [7, 11) is 0. The molecule has 0 fully saturated rings. The summed E-state index contributed by atoms with van der Waals surface area (Å²) in [5.41, 5.74) is 0. The van der Waals surface area contributed by atoms with Crippen LogP contribution in [0.2, 0.25) is 0 Å². The highest BCUT2D eigenvalue weighted by molar-refractivity contribution is 5.89. The number of nitroso groups, excluding NO2 is 1. The Balaban J connectivity index is 2.84. The normalized spacial score (nSPS) is 9.18. The zero-order valence-corrected chi connectivity index (χ0v) is 5.57. The Hall–Kier alpha value is -1.79. The van der Waals surface area contributed by atoms with Gasteiger partial charge in [-0.3, -0.25) is 4.79 Å². The van der Waals surface area contributed by atoms with E-state index in [0.717, 1.165) is 0 Å². The summed E-state index contributed by atoms with van der Waals surface area (Å²) in [6.45, 7) is 1.27. The fraction of sp³-hybridized carbons (Fsp3) is 0.250. The van der Waals surface area contributed by atoms with Gasteiger partial charge in [0.2, 0.25) is 11.7 Å². The minimum Gasteiger partial charge on any atom is -0.305 e. The third-order valence-electron chi connectivity index (χ3n) is 0.852. The average Bonchev–Trinajstić information content (AvgIpc) is 2.34. The SMILES string of the molecule is CC(=O)Nc1nonc1N=O. The van der Waals surface area contributed by atoms with Gasteiger partial charge in [0.15, 0.2) is 0 Å². The van der Waals surface area contributed by atoms with Crippen molar-refractivity contribution < 1.29 is 9.42 Å². The molecule has 0 radical (unpaired) electrons. The van der Waals surface area contributed by atoms with E-state index in [-0.39, 0.29) is 17.5 Å². The fourth-order valence-corrected chi connectivity index (χ4v) is 0.489. The van der Waals surface area contributed by atoms with Crippen molar-refractivity contribution >= 4 is 17.5 Å². The maximum atomic E-state index is 10.4. The number of nitrogens with zero attached hydrogens (tertiary/aromatic N) is 3. The molecule has 58 valence electrons. The Morgan fingerprint density at radius 3 is 2.91 bits per heavy atom. The molecule has 1 heterocycles. The van der Waals surface area contributed by atoms with E-state index in [0.29, 0.717) is 0 Å². The van der Waals surface area contributed by atoms with Gasteiger partial charge in [-0.1, -0.05) is 0 Å². The average molecular weight is 156 g/mol. The van der Waals surface area contributed by atoms with Crippen LogP contribution in [0.15, 0.2) is 9.81 Å². The summed E-state index contributed by atoms with van der Waals surface area (Å²) in [6.07, 6.45) is 0. The third kappa shape index (κ3) is 1.57. The quantitative estimate of drug-likeness (QED) is 0.626. The second-order valence-electron chi connectivity index (χ2n) is 1.71. The second kappa shape index (κ2) is 2.86. The van der Waals surface area contributed by atoms with Gasteiger partial charge in [0, 0.05) is 6.92 Å². The summed E-state index contributed by atoms with van der Waals surface area (Å²) < 4.78 is 4.13. The molecule has 0 bridgehead atoms. The second-order valence-corrected chi connectivity index (χ2v) is 1.71. The number of aromatic nitrogens is 2. The molecule has 0 spiro atoms. The molecule has 1 amide bonds. The molecular weight excluding hydrogens is 152 g/mol. The molecule has 7 nitrogen and oxygen atoms in total. The molecular formula is C4H4N4O3. The Bertz CT molecular complexity index is 281. The van der Waals surface area contributed by atoms with Gasteiger partial charge in [-0.15, -0.1) is 4.91 Å². The van der Waals surface area contributed by atoms with E-state index in [2.05, 4.69) is 25.4 Å². The summed E-state index contributed by atoms with van der Waals surface area (Å²) in [6, 6.07) is 0. The first-order valence-corrected chi connectivity index (χ1v) is 2.67. The molecule has 0 atom stereocenters. The number of anilines is 1. The molecule has 0 aliphatic carbocycles. The van der Waals surface area contributed by atoms with Crippen molar-refractivity contribution in [2.24, 2.45) is 5.18 Å². The van der Waals surface area contributed by atoms with E-state index < -0.39 is 0 Å². The highest BCUT2D eigenvalue weighted by atomic mass is 16.6. The van der Waals surface area contributed by atoms with Crippen molar-refractivity contribution in [3.63, 3.8) is 0 Å². The van der Waals surface area contributed by atoms with E-state index >= 15 is 0 Å². The first-order chi connectivity index (χ1) is 5.24. The number of carbonyl (C=O) groups excluding carboxylic acids is 1. The number of carbonyl (C=O) groups is 1. The maximum absolute atomic E-state index is 10.4. The largest absolute Gasteiger partial charge is 0.305 e. The van der Waals surface area contributed by atoms with Crippen molar-refractivity contribution in [2.75, 3.05) is 5.32 Å². The third-order valence-corrected chi connectivity index (χ3v) is 0.852. The number of hydrogen-bond donors (Lipinski definition) is 1. The van der Waals surface area contributed by atoms with Crippen LogP contribution in [-0.4, -0.2) is 16.2 Å². The van der Waals surface area contributed by atoms with Crippen LogP contribution >= 0.6 is 0 Å². The lowest BCUT2D eigenvalue weighted by Crippen LogP contribution is -2.05. The monoisotopic (exact) mass is 156 g/mol. The van der Waals surface area contributed by atoms with E-state index in [1.165, 1.54) is 6.92 Å². The molecule has 0 aliphatic rings. The van der Waals surface area contributed by atoms with Crippen LogP contribution in [0.4, 0.5) is 11.6 Å². The molecule has 1 aromatic rings. The molecule has 1 aromatic heterocycles. The summed E-state index contributed by atoms with van der Waals surface area (Å²) in [5, 5.41) is 11.0. The van der Waals surface area contributed by atoms with Crippen LogP contribution < -0.4 is 5.32 Å². The molecule has 0 aromatic carbocycles. The first-order valence-electron chi connectivity index (χ1n) is 2.67. The Labute approximate surface area is 60.7 Å². The van der Waals surface area contributed by atoms with Crippen molar-refractivity contribution in [2.45, 2.75) is 6.92 Å². The zero-order chi connectivity index (χ0) is 8.27. The number of rotatable bonds is 2. The lowest BCUT2D eigenvalue weighted by molar-refractivity contribution is -0.114. The fourth-order valence-electron chi connectivity index (χ4n) is 0.489. The maximum Gasteiger partial charge on any atom is 0.283 e. The van der Waals surface area contributed by atoms with Crippen LogP contribution in [0.5, 0.6) is 0 Å². The molecule has 0 aliphatic heterocycles. The van der Waals surface area contributed by atoms with Crippen LogP contribution in [0, 0.1) is 4.91 Å². The zero-order valence-electron chi connectivity index (χ0n) is 5.57. The number of nitrogens with one attached hydrogen (secondary N) is 1. The standard InChI is InChI=1S/C4H4N4O3/c1-2(9)5-3-4(6-10)8-11-7-3/h1H3,(H,5,7,9). The van der Waals surface area contributed by atoms with Crippen LogP contribution in [-0.2, 0) is 4.79 Å². The minimum atomic E-state index is -0.370. The van der Waals surface area contributed by atoms with Crippen LogP contribution in [0.3, 0.4) is 0 Å². The molecule has 7 heteroatoms. The van der Waals surface area contributed by atoms with E-state index in [9.17, 15) is 9.70 Å². The van der Waals surface area contributed by atoms with Gasteiger partial charge in [-0.25, -0.2) is 4.63 Å². The van der Waals surface area contributed by atoms with Gasteiger partial charge in [0.25, 0.3) is 5.82 Å². The molecule has 0 saturated carbocycles. The van der Waals surface area contributed by atoms with Gasteiger partial charge < -0.3 is 5.32 Å². The van der Waals surface area contributed by atoms with Gasteiger partial charge in [-0.2, -0.15) is 0 Å². The number of hydrogen-bond acceptors (Lipinski definition) is 6. The summed E-state index contributed by atoms with van der Waals surface area (Å²) in [4.78, 5) is 20.3. The first kappa shape index (κ1) is 7.32. The van der Waals surface area contributed by atoms with E-state index in [1.54, 1.807) is 0 Å². The van der Waals surface area contributed by atoms with E-state index in [4.69, 9.17) is 0 Å². The molecule has 1 rings (SSSR count). The highest BCUT2D eigenvalue weighted by Gasteiger charge is 2.10. The smallest absolute Gasteiger partial charge is 0.283 e. The van der Waals surface area contributed by atoms with Gasteiger partial charge in [0.05, 0.1) is 0 Å². The molecule has 0 saturated heterocycles. The van der Waals surface area contributed by atoms with Crippen LogP contribution in [0.25, 0.3) is 0 Å². The summed E-state index contributed by atoms with van der Waals surface area (Å²) >= 11 is 0. The van der Waals surface area contributed by atoms with Gasteiger partial charge in [-0.05, 0) is 15.5 Å². The van der Waals surface area contributed by atoms with Gasteiger partial charge in [0.1, 0.15) is 0 Å². The van der Waals surface area contributed by atoms with Crippen molar-refractivity contribution in [3.05, 3.63) is 4.91 Å². The van der Waals surface area contributed by atoms with Crippen molar-refractivity contribution in [1.82, 2.24) is 10.3 Å². The molecule has 1 N–H and O–H groups in total. The van der Waals surface area contributed by atoms with Crippen molar-refractivity contribution in [1.29, 1.82) is 0 Å². The molecule has 0 unspecified atom stereocenters. The molecule has 11 heavy (non-hydrogen) atoms. The van der Waals surface area contributed by atoms with Crippen molar-refractivity contribution in [3.8, 4) is 0 Å². The Kier molecular flexibility index (Phi) is 1.90. The Morgan fingerprint density at radius 1 is 1.64 bits per heavy atom. The Morgan fingerprint density at radius 2 is 2.36 bits per heavy atom. The predicted octanol–water partition coefficient (Wildman–Crippen LogP) is 0.426. The topological polar surface area (TPSA) is 97.5 Å². The lowest BCUT2D eigenvalue weighted by Gasteiger charge is -1.90. The predicted molar refractivity (Wildman–Crippen MR) is 34.1 cm³/mol. The van der Waals surface area contributed by atoms with Crippen LogP contribution in [0.1, 0.15) is 6.92 Å². The summed E-state index contributed by atoms with van der Waals surface area (Å²) in [5.74, 6) is -0.696. The van der Waals surface area contributed by atoms with E-state index in [1.807, 2.05) is 0 Å². The number of amides is 1. The van der Waals surface area contributed by atoms with Gasteiger partial charge >= 0.3 is 0 Å².